The zero-order valence-electron chi connectivity index (χ0n) is 6.78. The van der Waals surface area contributed by atoms with Crippen LogP contribution in [0, 0.1) is 3.57 Å². The van der Waals surface area contributed by atoms with E-state index in [1.165, 1.54) is 0 Å². The predicted molar refractivity (Wildman–Crippen MR) is 66.5 cm³/mol. The largest absolute Gasteiger partial charge is 0.323 e. The van der Waals surface area contributed by atoms with Crippen LogP contribution in [0.3, 0.4) is 0 Å². The summed E-state index contributed by atoms with van der Waals surface area (Å²) in [6.45, 7) is -1.04. The number of nitrogens with one attached hydrogen (secondary N) is 1. The molecule has 76 valence electrons. The molecule has 1 aromatic rings. The third kappa shape index (κ3) is 3.06. The maximum absolute atomic E-state index is 11.9. The van der Waals surface area contributed by atoms with Crippen molar-refractivity contribution < 1.29 is 9.18 Å². The summed E-state index contributed by atoms with van der Waals surface area (Å²) in [5.41, 5.74) is 0.515. The van der Waals surface area contributed by atoms with Gasteiger partial charge in [0.05, 0.1) is 10.7 Å². The highest BCUT2D eigenvalue weighted by Crippen LogP contribution is 2.30. The van der Waals surface area contributed by atoms with Crippen LogP contribution in [-0.2, 0) is 4.79 Å². The molecule has 0 fully saturated rings. The lowest BCUT2D eigenvalue weighted by Gasteiger charge is -2.07. The summed E-state index contributed by atoms with van der Waals surface area (Å²) in [6, 6.07) is 3.32. The molecule has 0 bridgehead atoms. The van der Waals surface area contributed by atoms with Crippen LogP contribution in [0.1, 0.15) is 0 Å². The Balaban J connectivity index is 2.98. The first kappa shape index (κ1) is 12.2. The minimum atomic E-state index is -1.04. The van der Waals surface area contributed by atoms with Crippen molar-refractivity contribution in [2.75, 3.05) is 12.0 Å². The zero-order chi connectivity index (χ0) is 10.7. The SMILES string of the molecule is O=C(CF)Nc1cc(Cl)c(Br)cc1I. The Morgan fingerprint density at radius 2 is 2.29 bits per heavy atom. The van der Waals surface area contributed by atoms with Crippen LogP contribution in [0.4, 0.5) is 10.1 Å². The normalized spacial score (nSPS) is 10.0. The smallest absolute Gasteiger partial charge is 0.255 e. The summed E-state index contributed by atoms with van der Waals surface area (Å²) in [6.07, 6.45) is 0. The number of amides is 1. The average molecular weight is 392 g/mol. The molecule has 1 N–H and O–H groups in total. The van der Waals surface area contributed by atoms with Gasteiger partial charge in [-0.3, -0.25) is 4.79 Å². The molecule has 2 nitrogen and oxygen atoms in total. The number of benzene rings is 1. The van der Waals surface area contributed by atoms with Crippen molar-refractivity contribution in [2.45, 2.75) is 0 Å². The Labute approximate surface area is 107 Å². The second kappa shape index (κ2) is 5.27. The molecule has 0 aliphatic heterocycles. The van der Waals surface area contributed by atoms with E-state index in [1.54, 1.807) is 12.1 Å². The first-order valence-electron chi connectivity index (χ1n) is 3.55. The van der Waals surface area contributed by atoms with Gasteiger partial charge in [-0.1, -0.05) is 11.6 Å². The highest BCUT2D eigenvalue weighted by Gasteiger charge is 2.07. The van der Waals surface area contributed by atoms with Gasteiger partial charge in [-0.2, -0.15) is 0 Å². The van der Waals surface area contributed by atoms with Crippen molar-refractivity contribution in [2.24, 2.45) is 0 Å². The van der Waals surface area contributed by atoms with E-state index in [4.69, 9.17) is 11.6 Å². The fraction of sp³-hybridized carbons (Fsp3) is 0.125. The van der Waals surface area contributed by atoms with Crippen LogP contribution in [0.15, 0.2) is 16.6 Å². The molecule has 0 atom stereocenters. The summed E-state index contributed by atoms with van der Waals surface area (Å²) < 4.78 is 13.5. The topological polar surface area (TPSA) is 29.1 Å². The lowest BCUT2D eigenvalue weighted by atomic mass is 10.3. The maximum Gasteiger partial charge on any atom is 0.255 e. The quantitative estimate of drug-likeness (QED) is 0.605. The van der Waals surface area contributed by atoms with E-state index in [0.717, 1.165) is 8.04 Å². The van der Waals surface area contributed by atoms with Crippen LogP contribution in [-0.4, -0.2) is 12.6 Å². The highest BCUT2D eigenvalue weighted by atomic mass is 127. The number of halogens is 4. The fourth-order valence-electron chi connectivity index (χ4n) is 0.802. The molecule has 0 unspecified atom stereocenters. The van der Waals surface area contributed by atoms with Gasteiger partial charge >= 0.3 is 0 Å². The number of carbonyl (C=O) groups excluding carboxylic acids is 1. The molecule has 0 radical (unpaired) electrons. The van der Waals surface area contributed by atoms with Crippen LogP contribution < -0.4 is 5.32 Å². The minimum Gasteiger partial charge on any atom is -0.323 e. The molecular formula is C8H5BrClFINO. The van der Waals surface area contributed by atoms with Crippen LogP contribution in [0.25, 0.3) is 0 Å². The number of alkyl halides is 1. The standard InChI is InChI=1S/C8H5BrClFINO/c9-4-1-6(12)7(2-5(4)10)13-8(14)3-11/h1-2H,3H2,(H,13,14). The van der Waals surface area contributed by atoms with Gasteiger partial charge in [0.15, 0.2) is 6.67 Å². The van der Waals surface area contributed by atoms with E-state index in [0.29, 0.717) is 10.7 Å². The van der Waals surface area contributed by atoms with Crippen LogP contribution in [0.2, 0.25) is 5.02 Å². The molecule has 6 heteroatoms. The summed E-state index contributed by atoms with van der Waals surface area (Å²) in [5, 5.41) is 2.87. The number of hydrogen-bond acceptors (Lipinski definition) is 1. The van der Waals surface area contributed by atoms with Crippen molar-refractivity contribution >= 4 is 61.7 Å². The molecule has 0 aliphatic rings. The minimum absolute atomic E-state index is 0.472. The van der Waals surface area contributed by atoms with Gasteiger partial charge < -0.3 is 5.32 Å². The molecule has 0 spiro atoms. The lowest BCUT2D eigenvalue weighted by molar-refractivity contribution is -0.117. The Hall–Kier alpha value is 0.120. The van der Waals surface area contributed by atoms with Crippen molar-refractivity contribution in [3.05, 3.63) is 25.2 Å². The van der Waals surface area contributed by atoms with Crippen molar-refractivity contribution in [3.63, 3.8) is 0 Å². The van der Waals surface area contributed by atoms with Gasteiger partial charge in [-0.25, -0.2) is 4.39 Å². The van der Waals surface area contributed by atoms with E-state index in [2.05, 4.69) is 21.2 Å². The second-order valence-corrected chi connectivity index (χ2v) is 4.85. The predicted octanol–water partition coefficient (Wildman–Crippen LogP) is 3.62. The first-order valence-corrected chi connectivity index (χ1v) is 5.80. The van der Waals surface area contributed by atoms with E-state index in [1.807, 2.05) is 22.6 Å². The number of hydrogen-bond donors (Lipinski definition) is 1. The van der Waals surface area contributed by atoms with Gasteiger partial charge in [0, 0.05) is 8.04 Å². The number of carbonyl (C=O) groups is 1. The summed E-state index contributed by atoms with van der Waals surface area (Å²) in [5.74, 6) is -0.679. The third-order valence-electron chi connectivity index (χ3n) is 1.41. The third-order valence-corrected chi connectivity index (χ3v) is 3.49. The molecule has 14 heavy (non-hydrogen) atoms. The number of rotatable bonds is 2. The molecule has 1 amide bonds. The monoisotopic (exact) mass is 391 g/mol. The first-order chi connectivity index (χ1) is 6.54. The van der Waals surface area contributed by atoms with Gasteiger partial charge in [-0.05, 0) is 50.7 Å². The number of anilines is 1. The molecule has 1 aromatic carbocycles. The molecule has 0 saturated carbocycles. The van der Waals surface area contributed by atoms with Gasteiger partial charge in [0.2, 0.25) is 0 Å². The summed E-state index contributed by atoms with van der Waals surface area (Å²) in [7, 11) is 0. The summed E-state index contributed by atoms with van der Waals surface area (Å²) >= 11 is 11.1. The molecule has 0 heterocycles. The van der Waals surface area contributed by atoms with E-state index >= 15 is 0 Å². The molecule has 0 aliphatic carbocycles. The van der Waals surface area contributed by atoms with Gasteiger partial charge in [0.25, 0.3) is 5.91 Å². The van der Waals surface area contributed by atoms with Crippen LogP contribution >= 0.6 is 50.1 Å². The van der Waals surface area contributed by atoms with Crippen molar-refractivity contribution in [3.8, 4) is 0 Å². The van der Waals surface area contributed by atoms with E-state index in [-0.39, 0.29) is 0 Å². The van der Waals surface area contributed by atoms with Crippen LogP contribution in [0.5, 0.6) is 0 Å². The van der Waals surface area contributed by atoms with E-state index in [9.17, 15) is 9.18 Å². The molecule has 1 rings (SSSR count). The summed E-state index contributed by atoms with van der Waals surface area (Å²) in [4.78, 5) is 10.8. The van der Waals surface area contributed by atoms with Gasteiger partial charge in [-0.15, -0.1) is 0 Å². The highest BCUT2D eigenvalue weighted by molar-refractivity contribution is 14.1. The maximum atomic E-state index is 11.9. The van der Waals surface area contributed by atoms with E-state index < -0.39 is 12.6 Å². The molecular weight excluding hydrogens is 387 g/mol. The lowest BCUT2D eigenvalue weighted by Crippen LogP contribution is -2.13. The van der Waals surface area contributed by atoms with Gasteiger partial charge in [0.1, 0.15) is 0 Å². The average Bonchev–Trinajstić information content (AvgIpc) is 2.14. The van der Waals surface area contributed by atoms with Crippen molar-refractivity contribution in [1.82, 2.24) is 0 Å². The fourth-order valence-corrected chi connectivity index (χ4v) is 2.34. The Morgan fingerprint density at radius 1 is 1.64 bits per heavy atom. The Kier molecular flexibility index (Phi) is 4.59. The molecule has 0 saturated heterocycles. The zero-order valence-corrected chi connectivity index (χ0v) is 11.3. The van der Waals surface area contributed by atoms with Crippen molar-refractivity contribution in [1.29, 1.82) is 0 Å². The Bertz CT molecular complexity index is 375. The Morgan fingerprint density at radius 3 is 2.86 bits per heavy atom. The second-order valence-electron chi connectivity index (χ2n) is 2.43. The molecule has 0 aromatic heterocycles.